The van der Waals surface area contributed by atoms with Gasteiger partial charge in [-0.2, -0.15) is 0 Å². The van der Waals surface area contributed by atoms with Crippen LogP contribution in [0.5, 0.6) is 11.5 Å². The highest BCUT2D eigenvalue weighted by Crippen LogP contribution is 2.33. The molecule has 4 nitrogen and oxygen atoms in total. The normalized spacial score (nSPS) is 14.2. The highest BCUT2D eigenvalue weighted by atomic mass is 16.5. The molecule has 142 valence electrons. The summed E-state index contributed by atoms with van der Waals surface area (Å²) in [5.74, 6) is 1.23. The molecule has 0 spiro atoms. The fraction of sp³-hybridized carbons (Fsp3) is 0.348. The first-order valence-electron chi connectivity index (χ1n) is 9.47. The van der Waals surface area contributed by atoms with Crippen LogP contribution in [0.3, 0.4) is 0 Å². The highest BCUT2D eigenvalue weighted by molar-refractivity contribution is 5.93. The lowest BCUT2D eigenvalue weighted by atomic mass is 10.0. The Hall–Kier alpha value is -2.75. The standard InChI is InChI=1S/C23H27NO3/c1-5-16-8-7-9-17(6-2)22(16)24-21(25)15-26-19-11-10-18-12-13-23(3,4)27-20(18)14-19/h7-14H,5-6,15H2,1-4H3,(H,24,25). The van der Waals surface area contributed by atoms with Crippen LogP contribution in [0.4, 0.5) is 5.69 Å². The summed E-state index contributed by atoms with van der Waals surface area (Å²) in [4.78, 5) is 12.4. The molecular formula is C23H27NO3. The zero-order valence-electron chi connectivity index (χ0n) is 16.5. The maximum absolute atomic E-state index is 12.4. The molecule has 1 amide bonds. The topological polar surface area (TPSA) is 47.6 Å². The summed E-state index contributed by atoms with van der Waals surface area (Å²) in [6, 6.07) is 11.8. The molecule has 0 radical (unpaired) electrons. The average molecular weight is 365 g/mol. The van der Waals surface area contributed by atoms with E-state index in [9.17, 15) is 4.79 Å². The van der Waals surface area contributed by atoms with Crippen molar-refractivity contribution in [1.82, 2.24) is 0 Å². The smallest absolute Gasteiger partial charge is 0.262 e. The number of carbonyl (C=O) groups is 1. The molecule has 0 saturated heterocycles. The van der Waals surface area contributed by atoms with Crippen molar-refractivity contribution in [3.05, 3.63) is 59.2 Å². The molecule has 0 unspecified atom stereocenters. The first-order valence-corrected chi connectivity index (χ1v) is 9.47. The van der Waals surface area contributed by atoms with Crippen LogP contribution in [0, 0.1) is 0 Å². The SMILES string of the molecule is CCc1cccc(CC)c1NC(=O)COc1ccc2c(c1)OC(C)(C)C=C2. The second kappa shape index (κ2) is 7.87. The largest absolute Gasteiger partial charge is 0.484 e. The van der Waals surface area contributed by atoms with Gasteiger partial charge in [0.05, 0.1) is 0 Å². The molecule has 0 bridgehead atoms. The molecule has 0 fully saturated rings. The second-order valence-corrected chi connectivity index (χ2v) is 7.23. The van der Waals surface area contributed by atoms with Crippen molar-refractivity contribution in [3.8, 4) is 11.5 Å². The summed E-state index contributed by atoms with van der Waals surface area (Å²) in [7, 11) is 0. The van der Waals surface area contributed by atoms with Crippen LogP contribution in [0.2, 0.25) is 0 Å². The minimum atomic E-state index is -0.344. The Morgan fingerprint density at radius 2 is 1.81 bits per heavy atom. The van der Waals surface area contributed by atoms with Crippen LogP contribution >= 0.6 is 0 Å². The lowest BCUT2D eigenvalue weighted by molar-refractivity contribution is -0.118. The van der Waals surface area contributed by atoms with Gasteiger partial charge in [0.2, 0.25) is 0 Å². The fourth-order valence-electron chi connectivity index (χ4n) is 3.17. The van der Waals surface area contributed by atoms with Crippen LogP contribution in [0.1, 0.15) is 44.4 Å². The molecular weight excluding hydrogens is 338 g/mol. The van der Waals surface area contributed by atoms with Crippen molar-refractivity contribution in [2.75, 3.05) is 11.9 Å². The number of hydrogen-bond acceptors (Lipinski definition) is 3. The van der Waals surface area contributed by atoms with E-state index in [1.165, 1.54) is 0 Å². The zero-order chi connectivity index (χ0) is 19.4. The quantitative estimate of drug-likeness (QED) is 0.782. The van der Waals surface area contributed by atoms with E-state index in [1.807, 2.05) is 62.4 Å². The van der Waals surface area contributed by atoms with Crippen molar-refractivity contribution in [1.29, 1.82) is 0 Å². The molecule has 1 aliphatic rings. The number of hydrogen-bond donors (Lipinski definition) is 1. The Bertz CT molecular complexity index is 846. The van der Waals surface area contributed by atoms with Gasteiger partial charge < -0.3 is 14.8 Å². The number of fused-ring (bicyclic) bond motifs is 1. The van der Waals surface area contributed by atoms with Crippen molar-refractivity contribution in [3.63, 3.8) is 0 Å². The number of carbonyl (C=O) groups excluding carboxylic acids is 1. The molecule has 0 saturated carbocycles. The number of rotatable bonds is 6. The Morgan fingerprint density at radius 3 is 2.48 bits per heavy atom. The van der Waals surface area contributed by atoms with Gasteiger partial charge >= 0.3 is 0 Å². The van der Waals surface area contributed by atoms with Crippen LogP contribution in [0.25, 0.3) is 6.08 Å². The van der Waals surface area contributed by atoms with Gasteiger partial charge in [0.1, 0.15) is 17.1 Å². The fourth-order valence-corrected chi connectivity index (χ4v) is 3.17. The molecule has 4 heteroatoms. The van der Waals surface area contributed by atoms with E-state index >= 15 is 0 Å². The van der Waals surface area contributed by atoms with Gasteiger partial charge in [-0.1, -0.05) is 38.1 Å². The number of para-hydroxylation sites is 1. The van der Waals surface area contributed by atoms with Gasteiger partial charge in [0.25, 0.3) is 5.91 Å². The van der Waals surface area contributed by atoms with E-state index < -0.39 is 0 Å². The maximum Gasteiger partial charge on any atom is 0.262 e. The number of amides is 1. The number of benzene rings is 2. The Labute approximate surface area is 161 Å². The molecule has 27 heavy (non-hydrogen) atoms. The number of ether oxygens (including phenoxy) is 2. The van der Waals surface area contributed by atoms with Gasteiger partial charge in [-0.15, -0.1) is 0 Å². The summed E-state index contributed by atoms with van der Waals surface area (Å²) < 4.78 is 11.7. The van der Waals surface area contributed by atoms with Crippen molar-refractivity contribution >= 4 is 17.7 Å². The van der Waals surface area contributed by atoms with E-state index in [0.717, 1.165) is 41.0 Å². The zero-order valence-corrected chi connectivity index (χ0v) is 16.5. The van der Waals surface area contributed by atoms with E-state index in [1.54, 1.807) is 0 Å². The summed E-state index contributed by atoms with van der Waals surface area (Å²) in [5, 5.41) is 3.02. The third kappa shape index (κ3) is 4.51. The van der Waals surface area contributed by atoms with Gasteiger partial charge in [0, 0.05) is 17.3 Å². The molecule has 1 aliphatic heterocycles. The Morgan fingerprint density at radius 1 is 1.11 bits per heavy atom. The van der Waals surface area contributed by atoms with Gasteiger partial charge in [-0.3, -0.25) is 4.79 Å². The molecule has 1 heterocycles. The molecule has 1 N–H and O–H groups in total. The second-order valence-electron chi connectivity index (χ2n) is 7.23. The Kier molecular flexibility index (Phi) is 5.54. The third-order valence-electron chi connectivity index (χ3n) is 4.66. The first kappa shape index (κ1) is 19.0. The summed E-state index contributed by atoms with van der Waals surface area (Å²) >= 11 is 0. The average Bonchev–Trinajstić information content (AvgIpc) is 2.65. The molecule has 2 aromatic carbocycles. The van der Waals surface area contributed by atoms with E-state index in [-0.39, 0.29) is 18.1 Å². The van der Waals surface area contributed by atoms with Gasteiger partial charge in [-0.05, 0) is 56.0 Å². The summed E-state index contributed by atoms with van der Waals surface area (Å²) in [5.41, 5.74) is 3.86. The molecule has 2 aromatic rings. The Balaban J connectivity index is 1.66. The monoisotopic (exact) mass is 365 g/mol. The minimum absolute atomic E-state index is 0.0424. The number of nitrogens with one attached hydrogen (secondary N) is 1. The van der Waals surface area contributed by atoms with E-state index in [0.29, 0.717) is 5.75 Å². The lowest BCUT2D eigenvalue weighted by Crippen LogP contribution is -2.27. The number of aryl methyl sites for hydroxylation is 2. The number of anilines is 1. The summed E-state index contributed by atoms with van der Waals surface area (Å²) in [6.45, 7) is 8.14. The molecule has 0 aromatic heterocycles. The van der Waals surface area contributed by atoms with E-state index in [4.69, 9.17) is 9.47 Å². The predicted molar refractivity (Wildman–Crippen MR) is 110 cm³/mol. The van der Waals surface area contributed by atoms with Crippen molar-refractivity contribution < 1.29 is 14.3 Å². The first-order chi connectivity index (χ1) is 12.9. The molecule has 0 atom stereocenters. The van der Waals surface area contributed by atoms with E-state index in [2.05, 4.69) is 19.2 Å². The third-order valence-corrected chi connectivity index (χ3v) is 4.66. The van der Waals surface area contributed by atoms with Gasteiger partial charge in [-0.25, -0.2) is 0 Å². The minimum Gasteiger partial charge on any atom is -0.484 e. The van der Waals surface area contributed by atoms with Crippen LogP contribution in [0.15, 0.2) is 42.5 Å². The van der Waals surface area contributed by atoms with Crippen LogP contribution in [-0.4, -0.2) is 18.1 Å². The van der Waals surface area contributed by atoms with Gasteiger partial charge in [0.15, 0.2) is 6.61 Å². The molecule has 0 aliphatic carbocycles. The summed E-state index contributed by atoms with van der Waals surface area (Å²) in [6.07, 6.45) is 5.81. The van der Waals surface area contributed by atoms with Crippen LogP contribution in [-0.2, 0) is 17.6 Å². The van der Waals surface area contributed by atoms with Crippen molar-refractivity contribution in [2.45, 2.75) is 46.1 Å². The predicted octanol–water partition coefficient (Wildman–Crippen LogP) is 5.01. The maximum atomic E-state index is 12.4. The molecule has 3 rings (SSSR count). The van der Waals surface area contributed by atoms with Crippen molar-refractivity contribution in [2.24, 2.45) is 0 Å². The van der Waals surface area contributed by atoms with Crippen LogP contribution < -0.4 is 14.8 Å². The highest BCUT2D eigenvalue weighted by Gasteiger charge is 2.22. The lowest BCUT2D eigenvalue weighted by Gasteiger charge is -2.28.